The summed E-state index contributed by atoms with van der Waals surface area (Å²) in [4.78, 5) is 35.6. The van der Waals surface area contributed by atoms with Gasteiger partial charge in [0.15, 0.2) is 5.11 Å². The van der Waals surface area contributed by atoms with Crippen molar-refractivity contribution in [3.63, 3.8) is 0 Å². The molecule has 7 heteroatoms. The van der Waals surface area contributed by atoms with Crippen LogP contribution in [0.25, 0.3) is 0 Å². The number of ketones is 1. The molecule has 0 aromatic heterocycles. The van der Waals surface area contributed by atoms with Crippen LogP contribution in [-0.4, -0.2) is 29.9 Å². The maximum absolute atomic E-state index is 12.3. The molecule has 1 aliphatic carbocycles. The number of thiocarbonyl (C=S) groups is 1. The van der Waals surface area contributed by atoms with Crippen LogP contribution >= 0.6 is 12.2 Å². The number of carbonyl (C=O) groups excluding carboxylic acids is 3. The van der Waals surface area contributed by atoms with Crippen LogP contribution in [0.2, 0.25) is 0 Å². The summed E-state index contributed by atoms with van der Waals surface area (Å²) < 4.78 is 4.73. The highest BCUT2D eigenvalue weighted by Gasteiger charge is 2.50. The molecule has 0 aliphatic heterocycles. The Labute approximate surface area is 158 Å². The summed E-state index contributed by atoms with van der Waals surface area (Å²) in [6.07, 6.45) is 1.03. The topological polar surface area (TPSA) is 84.5 Å². The van der Waals surface area contributed by atoms with E-state index in [1.807, 2.05) is 13.8 Å². The molecule has 2 rings (SSSR count). The van der Waals surface area contributed by atoms with Gasteiger partial charge < -0.3 is 15.4 Å². The van der Waals surface area contributed by atoms with Gasteiger partial charge in [0.25, 0.3) is 0 Å². The largest absolute Gasteiger partial charge is 0.465 e. The molecule has 0 saturated heterocycles. The fraction of sp³-hybridized carbons (Fsp3) is 0.474. The molecule has 0 heterocycles. The lowest BCUT2D eigenvalue weighted by Gasteiger charge is -2.51. The number of amides is 1. The first-order chi connectivity index (χ1) is 12.2. The van der Waals surface area contributed by atoms with Crippen LogP contribution in [0.15, 0.2) is 24.3 Å². The summed E-state index contributed by atoms with van der Waals surface area (Å²) in [5.41, 5.74) is 0.608. The second kappa shape index (κ2) is 7.95. The zero-order valence-electron chi connectivity index (χ0n) is 15.4. The number of carbonyl (C=O) groups is 3. The van der Waals surface area contributed by atoms with Crippen molar-refractivity contribution in [2.24, 2.45) is 17.3 Å². The molecular formula is C19H24N2O4S. The van der Waals surface area contributed by atoms with Gasteiger partial charge >= 0.3 is 5.97 Å². The van der Waals surface area contributed by atoms with Crippen molar-refractivity contribution in [3.8, 4) is 0 Å². The third kappa shape index (κ3) is 4.27. The number of hydrogen-bond acceptors (Lipinski definition) is 5. The van der Waals surface area contributed by atoms with Gasteiger partial charge in [-0.05, 0) is 49.0 Å². The number of esters is 1. The van der Waals surface area contributed by atoms with Crippen molar-refractivity contribution < 1.29 is 19.1 Å². The number of benzene rings is 1. The molecule has 1 saturated carbocycles. The molecule has 2 atom stereocenters. The lowest BCUT2D eigenvalue weighted by Crippen LogP contribution is -2.50. The van der Waals surface area contributed by atoms with E-state index in [1.165, 1.54) is 7.11 Å². The molecule has 2 unspecified atom stereocenters. The minimum atomic E-state index is -0.492. The molecule has 1 aromatic rings. The van der Waals surface area contributed by atoms with Gasteiger partial charge in [0, 0.05) is 12.3 Å². The zero-order chi connectivity index (χ0) is 19.5. The maximum Gasteiger partial charge on any atom is 0.339 e. The van der Waals surface area contributed by atoms with Crippen LogP contribution < -0.4 is 10.6 Å². The average molecular weight is 376 g/mol. The predicted octanol–water partition coefficient (Wildman–Crippen LogP) is 2.93. The molecular weight excluding hydrogens is 352 g/mol. The number of anilines is 1. The van der Waals surface area contributed by atoms with Crippen molar-refractivity contribution in [1.82, 2.24) is 5.32 Å². The van der Waals surface area contributed by atoms with Gasteiger partial charge in [-0.1, -0.05) is 26.0 Å². The first kappa shape index (κ1) is 20.0. The molecule has 0 spiro atoms. The quantitative estimate of drug-likeness (QED) is 0.607. The van der Waals surface area contributed by atoms with Crippen molar-refractivity contribution >= 4 is 40.7 Å². The number of Topliss-reactive ketones (excluding diaryl/α,β-unsaturated/α-hetero) is 1. The summed E-state index contributed by atoms with van der Waals surface area (Å²) in [7, 11) is 1.30. The van der Waals surface area contributed by atoms with Crippen LogP contribution in [0.5, 0.6) is 0 Å². The molecule has 140 valence electrons. The number of rotatable bonds is 5. The molecule has 1 amide bonds. The zero-order valence-corrected chi connectivity index (χ0v) is 16.2. The molecule has 2 N–H and O–H groups in total. The monoisotopic (exact) mass is 376 g/mol. The lowest BCUT2D eigenvalue weighted by molar-refractivity contribution is -0.140. The minimum Gasteiger partial charge on any atom is -0.465 e. The van der Waals surface area contributed by atoms with Gasteiger partial charge in [-0.15, -0.1) is 0 Å². The van der Waals surface area contributed by atoms with E-state index in [0.29, 0.717) is 17.7 Å². The molecule has 1 aromatic carbocycles. The third-order valence-electron chi connectivity index (χ3n) is 5.23. The third-order valence-corrected chi connectivity index (χ3v) is 5.43. The SMILES string of the molecule is COC(=O)c1ccccc1NC(=S)NC(=O)CC1CC(C(C)=O)C1(C)C. The summed E-state index contributed by atoms with van der Waals surface area (Å²) in [5, 5.41) is 5.61. The van der Waals surface area contributed by atoms with Crippen molar-refractivity contribution in [1.29, 1.82) is 0 Å². The van der Waals surface area contributed by atoms with E-state index >= 15 is 0 Å². The van der Waals surface area contributed by atoms with Gasteiger partial charge in [0.1, 0.15) is 5.78 Å². The fourth-order valence-electron chi connectivity index (χ4n) is 3.49. The van der Waals surface area contributed by atoms with Gasteiger partial charge in [0.2, 0.25) is 5.91 Å². The predicted molar refractivity (Wildman–Crippen MR) is 103 cm³/mol. The van der Waals surface area contributed by atoms with Crippen LogP contribution in [-0.2, 0) is 14.3 Å². The summed E-state index contributed by atoms with van der Waals surface area (Å²) >= 11 is 5.17. The van der Waals surface area contributed by atoms with Gasteiger partial charge in [0.05, 0.1) is 18.4 Å². The Balaban J connectivity index is 1.92. The second-order valence-corrected chi connectivity index (χ2v) is 7.57. The van der Waals surface area contributed by atoms with Crippen LogP contribution in [0.3, 0.4) is 0 Å². The highest BCUT2D eigenvalue weighted by atomic mass is 32.1. The Kier molecular flexibility index (Phi) is 6.13. The summed E-state index contributed by atoms with van der Waals surface area (Å²) in [6, 6.07) is 6.75. The van der Waals surface area contributed by atoms with Crippen LogP contribution in [0, 0.1) is 17.3 Å². The standard InChI is InChI=1S/C19H24N2O4S/c1-11(22)14-9-12(19(14,2)3)10-16(23)21-18(26)20-15-8-6-5-7-13(15)17(24)25-4/h5-8,12,14H,9-10H2,1-4H3,(H2,20,21,23,26). The first-order valence-electron chi connectivity index (χ1n) is 8.45. The Morgan fingerprint density at radius 3 is 2.50 bits per heavy atom. The van der Waals surface area contributed by atoms with E-state index in [4.69, 9.17) is 17.0 Å². The number of methoxy groups -OCH3 is 1. The smallest absolute Gasteiger partial charge is 0.339 e. The molecule has 0 radical (unpaired) electrons. The van der Waals surface area contributed by atoms with Crippen molar-refractivity contribution in [2.45, 2.75) is 33.6 Å². The Bertz CT molecular complexity index is 745. The lowest BCUT2D eigenvalue weighted by atomic mass is 9.52. The minimum absolute atomic E-state index is 0.0114. The summed E-state index contributed by atoms with van der Waals surface area (Å²) in [6.45, 7) is 5.63. The Morgan fingerprint density at radius 2 is 1.92 bits per heavy atom. The van der Waals surface area contributed by atoms with E-state index in [1.54, 1.807) is 31.2 Å². The van der Waals surface area contributed by atoms with E-state index in [-0.39, 0.29) is 34.1 Å². The molecule has 6 nitrogen and oxygen atoms in total. The van der Waals surface area contributed by atoms with Crippen molar-refractivity contribution in [2.75, 3.05) is 12.4 Å². The molecule has 1 fully saturated rings. The highest BCUT2D eigenvalue weighted by molar-refractivity contribution is 7.80. The number of hydrogen-bond donors (Lipinski definition) is 2. The number of nitrogens with one attached hydrogen (secondary N) is 2. The fourth-order valence-corrected chi connectivity index (χ4v) is 3.71. The number of ether oxygens (including phenoxy) is 1. The highest BCUT2D eigenvalue weighted by Crippen LogP contribution is 2.53. The van der Waals surface area contributed by atoms with Crippen molar-refractivity contribution in [3.05, 3.63) is 29.8 Å². The van der Waals surface area contributed by atoms with Crippen LogP contribution in [0.4, 0.5) is 5.69 Å². The van der Waals surface area contributed by atoms with Gasteiger partial charge in [-0.2, -0.15) is 0 Å². The Morgan fingerprint density at radius 1 is 1.27 bits per heavy atom. The first-order valence-corrected chi connectivity index (χ1v) is 8.86. The normalized spacial score (nSPS) is 20.5. The molecule has 0 bridgehead atoms. The number of para-hydroxylation sites is 1. The van der Waals surface area contributed by atoms with E-state index in [0.717, 1.165) is 6.42 Å². The van der Waals surface area contributed by atoms with E-state index in [9.17, 15) is 14.4 Å². The second-order valence-electron chi connectivity index (χ2n) is 7.16. The molecule has 1 aliphatic rings. The van der Waals surface area contributed by atoms with E-state index in [2.05, 4.69) is 10.6 Å². The van der Waals surface area contributed by atoms with E-state index < -0.39 is 5.97 Å². The summed E-state index contributed by atoms with van der Waals surface area (Å²) in [5.74, 6) is -0.381. The average Bonchev–Trinajstić information content (AvgIpc) is 2.57. The van der Waals surface area contributed by atoms with Gasteiger partial charge in [-0.3, -0.25) is 9.59 Å². The van der Waals surface area contributed by atoms with Gasteiger partial charge in [-0.25, -0.2) is 4.79 Å². The maximum atomic E-state index is 12.3. The molecule has 26 heavy (non-hydrogen) atoms. The van der Waals surface area contributed by atoms with Crippen LogP contribution in [0.1, 0.15) is 44.0 Å². The Hall–Kier alpha value is -2.28.